The van der Waals surface area contributed by atoms with Crippen LogP contribution < -0.4 is 0 Å². The lowest BCUT2D eigenvalue weighted by Gasteiger charge is -2.42. The van der Waals surface area contributed by atoms with Gasteiger partial charge in [-0.2, -0.15) is 0 Å². The molecule has 2 heteroatoms. The SMILES string of the molecule is CCCCCCCCCCCCCCCCCCCC[N+]([O-])(CC)CCCCCCCCCCCCCCCCCCCC. The Morgan fingerprint density at radius 2 is 0.409 bits per heavy atom. The minimum Gasteiger partial charge on any atom is -0.633 e. The van der Waals surface area contributed by atoms with E-state index in [4.69, 9.17) is 0 Å². The Morgan fingerprint density at radius 1 is 0.250 bits per heavy atom. The van der Waals surface area contributed by atoms with Gasteiger partial charge in [0.2, 0.25) is 0 Å². The fourth-order valence-electron chi connectivity index (χ4n) is 7.03. The standard InChI is InChI=1S/C42H87NO/c1-4-7-9-11-13-15-17-19-21-23-25-27-29-31-33-35-37-39-41-43(44,6-3)42-40-38-36-34-32-30-28-26-24-22-20-18-16-14-12-10-8-5-2/h4-42H2,1-3H3. The van der Waals surface area contributed by atoms with Crippen LogP contribution in [0, 0.1) is 5.21 Å². The molecule has 266 valence electrons. The van der Waals surface area contributed by atoms with E-state index in [1.54, 1.807) is 0 Å². The molecule has 0 fully saturated rings. The van der Waals surface area contributed by atoms with Crippen LogP contribution in [0.4, 0.5) is 0 Å². The number of hydrogen-bond acceptors (Lipinski definition) is 1. The molecule has 0 aromatic rings. The van der Waals surface area contributed by atoms with E-state index in [0.717, 1.165) is 32.5 Å². The van der Waals surface area contributed by atoms with Gasteiger partial charge in [-0.3, -0.25) is 0 Å². The fraction of sp³-hybridized carbons (Fsp3) is 1.00. The minimum atomic E-state index is 0.0672. The maximum Gasteiger partial charge on any atom is 0.0783 e. The molecule has 0 heterocycles. The van der Waals surface area contributed by atoms with E-state index < -0.39 is 0 Å². The monoisotopic (exact) mass is 622 g/mol. The van der Waals surface area contributed by atoms with Crippen molar-refractivity contribution in [2.75, 3.05) is 19.6 Å². The second-order valence-electron chi connectivity index (χ2n) is 14.8. The van der Waals surface area contributed by atoms with Crippen molar-refractivity contribution >= 4 is 0 Å². The zero-order valence-electron chi connectivity index (χ0n) is 31.4. The maximum absolute atomic E-state index is 13.2. The van der Waals surface area contributed by atoms with Crippen molar-refractivity contribution in [2.45, 2.75) is 252 Å². The molecule has 0 aromatic carbocycles. The number of rotatable bonds is 39. The Labute approximate surface area is 280 Å². The third kappa shape index (κ3) is 34.8. The van der Waals surface area contributed by atoms with Crippen molar-refractivity contribution in [1.29, 1.82) is 0 Å². The van der Waals surface area contributed by atoms with E-state index >= 15 is 0 Å². The summed E-state index contributed by atoms with van der Waals surface area (Å²) in [5.74, 6) is 0. The van der Waals surface area contributed by atoms with Gasteiger partial charge in [0.1, 0.15) is 0 Å². The topological polar surface area (TPSA) is 23.1 Å². The maximum atomic E-state index is 13.2. The van der Waals surface area contributed by atoms with Crippen LogP contribution in [0.25, 0.3) is 0 Å². The molecule has 0 aliphatic rings. The van der Waals surface area contributed by atoms with Crippen molar-refractivity contribution in [2.24, 2.45) is 0 Å². The molecule has 0 saturated heterocycles. The molecule has 0 bridgehead atoms. The Bertz CT molecular complexity index is 466. The van der Waals surface area contributed by atoms with Gasteiger partial charge in [-0.05, 0) is 32.6 Å². The summed E-state index contributed by atoms with van der Waals surface area (Å²) in [6, 6.07) is 0. The number of unbranched alkanes of at least 4 members (excludes halogenated alkanes) is 34. The van der Waals surface area contributed by atoms with E-state index in [9.17, 15) is 5.21 Å². The number of quaternary nitrogens is 1. The second-order valence-corrected chi connectivity index (χ2v) is 14.8. The van der Waals surface area contributed by atoms with Gasteiger partial charge in [0.15, 0.2) is 0 Å². The van der Waals surface area contributed by atoms with Gasteiger partial charge in [-0.15, -0.1) is 0 Å². The van der Waals surface area contributed by atoms with Crippen molar-refractivity contribution < 1.29 is 4.65 Å². The third-order valence-electron chi connectivity index (χ3n) is 10.4. The highest BCUT2D eigenvalue weighted by molar-refractivity contribution is 4.54. The van der Waals surface area contributed by atoms with E-state index in [0.29, 0.717) is 0 Å². The summed E-state index contributed by atoms with van der Waals surface area (Å²) < 4.78 is 0.0672. The zero-order chi connectivity index (χ0) is 32.1. The highest BCUT2D eigenvalue weighted by atomic mass is 16.5. The normalized spacial score (nSPS) is 12.0. The summed E-state index contributed by atoms with van der Waals surface area (Å²) in [4.78, 5) is 0. The van der Waals surface area contributed by atoms with E-state index in [1.807, 2.05) is 0 Å². The Morgan fingerprint density at radius 3 is 0.568 bits per heavy atom. The summed E-state index contributed by atoms with van der Waals surface area (Å²) in [7, 11) is 0. The molecular weight excluding hydrogens is 534 g/mol. The molecule has 44 heavy (non-hydrogen) atoms. The summed E-state index contributed by atoms with van der Waals surface area (Å²) in [6.07, 6.45) is 50.6. The summed E-state index contributed by atoms with van der Waals surface area (Å²) >= 11 is 0. The molecule has 0 aliphatic carbocycles. The number of nitrogens with zero attached hydrogens (tertiary/aromatic N) is 1. The first-order valence-corrected chi connectivity index (χ1v) is 21.3. The molecular formula is C42H87NO. The van der Waals surface area contributed by atoms with Crippen LogP contribution in [-0.4, -0.2) is 24.3 Å². The van der Waals surface area contributed by atoms with Crippen LogP contribution in [-0.2, 0) is 0 Å². The number of hydroxylamine groups is 3. The van der Waals surface area contributed by atoms with Gasteiger partial charge in [-0.1, -0.05) is 219 Å². The summed E-state index contributed by atoms with van der Waals surface area (Å²) in [6.45, 7) is 9.18. The molecule has 0 rings (SSSR count). The van der Waals surface area contributed by atoms with Gasteiger partial charge in [-0.25, -0.2) is 0 Å². The Hall–Kier alpha value is -0.0800. The Balaban J connectivity index is 3.36. The smallest absolute Gasteiger partial charge is 0.0783 e. The average molecular weight is 622 g/mol. The number of hydrogen-bond donors (Lipinski definition) is 0. The van der Waals surface area contributed by atoms with Crippen molar-refractivity contribution in [3.05, 3.63) is 5.21 Å². The van der Waals surface area contributed by atoms with Gasteiger partial charge in [0, 0.05) is 0 Å². The zero-order valence-corrected chi connectivity index (χ0v) is 31.4. The molecule has 0 aliphatic heterocycles. The predicted octanol–water partition coefficient (Wildman–Crippen LogP) is 15.4. The van der Waals surface area contributed by atoms with E-state index in [-0.39, 0.29) is 4.65 Å². The lowest BCUT2D eigenvalue weighted by molar-refractivity contribution is -0.879. The van der Waals surface area contributed by atoms with Crippen molar-refractivity contribution in [1.82, 2.24) is 0 Å². The van der Waals surface area contributed by atoms with Crippen LogP contribution in [0.3, 0.4) is 0 Å². The highest BCUT2D eigenvalue weighted by Gasteiger charge is 2.13. The first-order chi connectivity index (χ1) is 21.7. The highest BCUT2D eigenvalue weighted by Crippen LogP contribution is 2.18. The molecule has 0 radical (unpaired) electrons. The van der Waals surface area contributed by atoms with Gasteiger partial charge in [0.05, 0.1) is 19.6 Å². The van der Waals surface area contributed by atoms with Gasteiger partial charge >= 0.3 is 0 Å². The molecule has 0 saturated carbocycles. The van der Waals surface area contributed by atoms with Crippen LogP contribution in [0.15, 0.2) is 0 Å². The van der Waals surface area contributed by atoms with Crippen LogP contribution in [0.1, 0.15) is 252 Å². The molecule has 0 atom stereocenters. The Kier molecular flexibility index (Phi) is 37.3. The molecule has 0 amide bonds. The van der Waals surface area contributed by atoms with Crippen molar-refractivity contribution in [3.63, 3.8) is 0 Å². The third-order valence-corrected chi connectivity index (χ3v) is 10.4. The molecule has 0 spiro atoms. The lowest BCUT2D eigenvalue weighted by atomic mass is 10.0. The average Bonchev–Trinajstić information content (AvgIpc) is 3.03. The summed E-state index contributed by atoms with van der Waals surface area (Å²) in [5.41, 5.74) is 0. The van der Waals surface area contributed by atoms with E-state index in [2.05, 4.69) is 20.8 Å². The minimum absolute atomic E-state index is 0.0672. The summed E-state index contributed by atoms with van der Waals surface area (Å²) in [5, 5.41) is 13.2. The van der Waals surface area contributed by atoms with Gasteiger partial charge < -0.3 is 9.85 Å². The first-order valence-electron chi connectivity index (χ1n) is 21.3. The quantitative estimate of drug-likeness (QED) is 0.0380. The molecule has 2 nitrogen and oxygen atoms in total. The van der Waals surface area contributed by atoms with E-state index in [1.165, 1.54) is 218 Å². The van der Waals surface area contributed by atoms with Crippen LogP contribution in [0.2, 0.25) is 0 Å². The van der Waals surface area contributed by atoms with Crippen LogP contribution >= 0.6 is 0 Å². The van der Waals surface area contributed by atoms with Crippen molar-refractivity contribution in [3.8, 4) is 0 Å². The van der Waals surface area contributed by atoms with Gasteiger partial charge in [0.25, 0.3) is 0 Å². The molecule has 0 unspecified atom stereocenters. The fourth-order valence-corrected chi connectivity index (χ4v) is 7.03. The second kappa shape index (κ2) is 37.4. The first kappa shape index (κ1) is 43.9. The largest absolute Gasteiger partial charge is 0.633 e. The lowest BCUT2D eigenvalue weighted by Crippen LogP contribution is -2.43. The van der Waals surface area contributed by atoms with Crippen LogP contribution in [0.5, 0.6) is 0 Å². The predicted molar refractivity (Wildman–Crippen MR) is 201 cm³/mol. The molecule has 0 aromatic heterocycles. The molecule has 0 N–H and O–H groups in total.